The van der Waals surface area contributed by atoms with Crippen molar-refractivity contribution in [2.75, 3.05) is 7.05 Å². The van der Waals surface area contributed by atoms with E-state index in [1.807, 2.05) is 0 Å². The molecule has 100 valence electrons. The number of hydrogen-bond donors (Lipinski definition) is 1. The van der Waals surface area contributed by atoms with E-state index >= 15 is 0 Å². The molecular weight excluding hydrogens is 222 g/mol. The molecule has 2 rings (SSSR count). The molecule has 0 radical (unpaired) electrons. The number of fused-ring (bicyclic) bond motifs is 1. The van der Waals surface area contributed by atoms with Gasteiger partial charge in [0.25, 0.3) is 0 Å². The maximum absolute atomic E-state index is 5.75. The molecule has 1 N–H and O–H groups in total. The second-order valence-corrected chi connectivity index (χ2v) is 5.81. The van der Waals surface area contributed by atoms with E-state index < -0.39 is 0 Å². The van der Waals surface area contributed by atoms with Gasteiger partial charge in [0, 0.05) is 12.5 Å². The van der Waals surface area contributed by atoms with Crippen LogP contribution in [-0.2, 0) is 6.42 Å². The van der Waals surface area contributed by atoms with Gasteiger partial charge in [-0.25, -0.2) is 0 Å². The number of nitrogens with one attached hydrogen (secondary N) is 1. The average molecular weight is 247 g/mol. The van der Waals surface area contributed by atoms with Gasteiger partial charge in [-0.3, -0.25) is 0 Å². The fourth-order valence-electron chi connectivity index (χ4n) is 2.64. The van der Waals surface area contributed by atoms with Crippen molar-refractivity contribution in [3.8, 4) is 5.75 Å². The summed E-state index contributed by atoms with van der Waals surface area (Å²) in [4.78, 5) is 0. The molecule has 1 heterocycles. The third kappa shape index (κ3) is 3.05. The highest BCUT2D eigenvalue weighted by Crippen LogP contribution is 2.32. The van der Waals surface area contributed by atoms with E-state index in [4.69, 9.17) is 4.74 Å². The van der Waals surface area contributed by atoms with Gasteiger partial charge in [0.15, 0.2) is 0 Å². The zero-order valence-electron chi connectivity index (χ0n) is 12.0. The van der Waals surface area contributed by atoms with Crippen LogP contribution in [-0.4, -0.2) is 13.2 Å². The van der Waals surface area contributed by atoms with E-state index in [1.165, 1.54) is 24.0 Å². The Kier molecular flexibility index (Phi) is 4.28. The van der Waals surface area contributed by atoms with Crippen molar-refractivity contribution in [1.82, 2.24) is 5.32 Å². The molecule has 0 fully saturated rings. The standard InChI is InChI=1S/C16H25NO/c1-11(2)5-7-15(17-4)13-6-8-16-14(10-13)9-12(3)18-16/h6,8,10-12,15,17H,5,7,9H2,1-4H3. The fraction of sp³-hybridized carbons (Fsp3) is 0.625. The molecule has 1 aromatic carbocycles. The van der Waals surface area contributed by atoms with Crippen molar-refractivity contribution in [2.24, 2.45) is 5.92 Å². The predicted octanol–water partition coefficient (Wildman–Crippen LogP) is 3.71. The zero-order valence-corrected chi connectivity index (χ0v) is 12.0. The summed E-state index contributed by atoms with van der Waals surface area (Å²) in [6.07, 6.45) is 3.83. The molecule has 18 heavy (non-hydrogen) atoms. The SMILES string of the molecule is CNC(CCC(C)C)c1ccc2c(c1)CC(C)O2. The molecule has 0 saturated heterocycles. The van der Waals surface area contributed by atoms with Gasteiger partial charge in [0.1, 0.15) is 11.9 Å². The summed E-state index contributed by atoms with van der Waals surface area (Å²) in [7, 11) is 2.05. The van der Waals surface area contributed by atoms with Crippen LogP contribution < -0.4 is 10.1 Å². The van der Waals surface area contributed by atoms with E-state index in [9.17, 15) is 0 Å². The summed E-state index contributed by atoms with van der Waals surface area (Å²) in [5.74, 6) is 1.84. The first-order chi connectivity index (χ1) is 8.60. The van der Waals surface area contributed by atoms with Gasteiger partial charge in [-0.1, -0.05) is 26.0 Å². The quantitative estimate of drug-likeness (QED) is 0.856. The van der Waals surface area contributed by atoms with Crippen molar-refractivity contribution in [2.45, 2.75) is 52.2 Å². The van der Waals surface area contributed by atoms with E-state index in [1.54, 1.807) is 0 Å². The van der Waals surface area contributed by atoms with Crippen LogP contribution in [0.1, 0.15) is 50.8 Å². The molecule has 0 amide bonds. The summed E-state index contributed by atoms with van der Waals surface area (Å²) >= 11 is 0. The first-order valence-electron chi connectivity index (χ1n) is 7.07. The van der Waals surface area contributed by atoms with Crippen LogP contribution in [0.2, 0.25) is 0 Å². The number of ether oxygens (including phenoxy) is 1. The molecular formula is C16H25NO. The molecule has 1 aliphatic rings. The van der Waals surface area contributed by atoms with Gasteiger partial charge in [0.05, 0.1) is 0 Å². The highest BCUT2D eigenvalue weighted by Gasteiger charge is 2.20. The first kappa shape index (κ1) is 13.4. The molecule has 2 nitrogen and oxygen atoms in total. The summed E-state index contributed by atoms with van der Waals surface area (Å²) in [5, 5.41) is 3.44. The van der Waals surface area contributed by atoms with Crippen LogP contribution in [0.15, 0.2) is 18.2 Å². The monoisotopic (exact) mass is 247 g/mol. The van der Waals surface area contributed by atoms with Crippen LogP contribution in [0, 0.1) is 5.92 Å². The third-order valence-electron chi connectivity index (χ3n) is 3.70. The lowest BCUT2D eigenvalue weighted by Gasteiger charge is -2.18. The van der Waals surface area contributed by atoms with E-state index in [-0.39, 0.29) is 0 Å². The second-order valence-electron chi connectivity index (χ2n) is 5.81. The minimum Gasteiger partial charge on any atom is -0.490 e. The third-order valence-corrected chi connectivity index (χ3v) is 3.70. The molecule has 0 spiro atoms. The minimum absolute atomic E-state index is 0.332. The molecule has 2 unspecified atom stereocenters. The Morgan fingerprint density at radius 2 is 2.11 bits per heavy atom. The fourth-order valence-corrected chi connectivity index (χ4v) is 2.64. The summed E-state index contributed by atoms with van der Waals surface area (Å²) in [5.41, 5.74) is 2.76. The van der Waals surface area contributed by atoms with Crippen molar-refractivity contribution < 1.29 is 4.74 Å². The zero-order chi connectivity index (χ0) is 13.1. The minimum atomic E-state index is 0.332. The van der Waals surface area contributed by atoms with Crippen LogP contribution in [0.4, 0.5) is 0 Å². The van der Waals surface area contributed by atoms with E-state index in [0.29, 0.717) is 12.1 Å². The molecule has 1 aliphatic heterocycles. The highest BCUT2D eigenvalue weighted by atomic mass is 16.5. The van der Waals surface area contributed by atoms with Crippen LogP contribution in [0.3, 0.4) is 0 Å². The van der Waals surface area contributed by atoms with Crippen molar-refractivity contribution in [3.63, 3.8) is 0 Å². The predicted molar refractivity (Wildman–Crippen MR) is 76.1 cm³/mol. The summed E-state index contributed by atoms with van der Waals surface area (Å²) in [6.45, 7) is 6.70. The van der Waals surface area contributed by atoms with Crippen molar-refractivity contribution in [1.29, 1.82) is 0 Å². The smallest absolute Gasteiger partial charge is 0.123 e. The molecule has 2 heteroatoms. The Balaban J connectivity index is 2.10. The van der Waals surface area contributed by atoms with Crippen LogP contribution in [0.5, 0.6) is 5.75 Å². The van der Waals surface area contributed by atoms with Gasteiger partial charge in [-0.05, 0) is 49.9 Å². The molecule has 0 aliphatic carbocycles. The Hall–Kier alpha value is -1.02. The topological polar surface area (TPSA) is 21.3 Å². The van der Waals surface area contributed by atoms with Gasteiger partial charge < -0.3 is 10.1 Å². The average Bonchev–Trinajstić information content (AvgIpc) is 2.68. The largest absolute Gasteiger partial charge is 0.490 e. The normalized spacial score (nSPS) is 19.7. The first-order valence-corrected chi connectivity index (χ1v) is 7.07. The second kappa shape index (κ2) is 5.75. The van der Waals surface area contributed by atoms with Crippen molar-refractivity contribution >= 4 is 0 Å². The van der Waals surface area contributed by atoms with Crippen LogP contribution >= 0.6 is 0 Å². The lowest BCUT2D eigenvalue weighted by Crippen LogP contribution is -2.17. The highest BCUT2D eigenvalue weighted by molar-refractivity contribution is 5.41. The van der Waals surface area contributed by atoms with Gasteiger partial charge in [-0.15, -0.1) is 0 Å². The maximum atomic E-state index is 5.75. The molecule has 1 aromatic rings. The molecule has 0 aromatic heterocycles. The lowest BCUT2D eigenvalue weighted by atomic mass is 9.96. The van der Waals surface area contributed by atoms with Crippen LogP contribution in [0.25, 0.3) is 0 Å². The van der Waals surface area contributed by atoms with Gasteiger partial charge in [-0.2, -0.15) is 0 Å². The molecule has 0 saturated carbocycles. The van der Waals surface area contributed by atoms with Crippen molar-refractivity contribution in [3.05, 3.63) is 29.3 Å². The summed E-state index contributed by atoms with van der Waals surface area (Å²) < 4.78 is 5.75. The lowest BCUT2D eigenvalue weighted by molar-refractivity contribution is 0.254. The number of benzene rings is 1. The maximum Gasteiger partial charge on any atom is 0.123 e. The Bertz CT molecular complexity index is 400. The molecule has 2 atom stereocenters. The molecule has 0 bridgehead atoms. The van der Waals surface area contributed by atoms with E-state index in [0.717, 1.165) is 18.1 Å². The van der Waals surface area contributed by atoms with Gasteiger partial charge >= 0.3 is 0 Å². The Morgan fingerprint density at radius 3 is 2.78 bits per heavy atom. The number of hydrogen-bond acceptors (Lipinski definition) is 2. The Morgan fingerprint density at radius 1 is 1.33 bits per heavy atom. The summed E-state index contributed by atoms with van der Waals surface area (Å²) in [6, 6.07) is 7.13. The van der Waals surface area contributed by atoms with Gasteiger partial charge in [0.2, 0.25) is 0 Å². The van der Waals surface area contributed by atoms with E-state index in [2.05, 4.69) is 51.3 Å². The number of rotatable bonds is 5. The Labute approximate surface area is 111 Å².